The van der Waals surface area contributed by atoms with E-state index in [1.807, 2.05) is 170 Å². The van der Waals surface area contributed by atoms with Crippen LogP contribution in [0.3, 0.4) is 0 Å². The molecule has 0 fully saturated rings. The lowest BCUT2D eigenvalue weighted by Crippen LogP contribution is -2.06. The molecule has 9 nitrogen and oxygen atoms in total. The molecule has 11 heteroatoms. The highest BCUT2D eigenvalue weighted by Gasteiger charge is 2.26. The van der Waals surface area contributed by atoms with Crippen molar-refractivity contribution < 1.29 is 32.1 Å². The first kappa shape index (κ1) is 36.9. The summed E-state index contributed by atoms with van der Waals surface area (Å²) in [6.45, 7) is -0.0880. The van der Waals surface area contributed by atoms with Crippen LogP contribution in [-0.2, 0) is 11.1 Å². The Morgan fingerprint density at radius 1 is 0.397 bits per heavy atom. The maximum atomic E-state index is 12.1. The molecule has 0 bridgehead atoms. The molecule has 0 saturated carbocycles. The zero-order valence-corrected chi connectivity index (χ0v) is 32.5. The largest absolute Gasteiger partial charge is 0.530 e. The van der Waals surface area contributed by atoms with E-state index in [9.17, 15) is 10.1 Å². The quantitative estimate of drug-likeness (QED) is 0.0609. The van der Waals surface area contributed by atoms with Gasteiger partial charge >= 0.3 is 17.2 Å². The Kier molecular flexibility index (Phi) is 10.7. The predicted octanol–water partition coefficient (Wildman–Crippen LogP) is 13.9. The zero-order valence-electron chi connectivity index (χ0n) is 30.7. The van der Waals surface area contributed by atoms with Crippen LogP contribution in [-0.4, -0.2) is 4.92 Å². The third-order valence-electron chi connectivity index (χ3n) is 9.36. The zero-order chi connectivity index (χ0) is 39.3. The number of nitro benzene ring substituents is 1. The van der Waals surface area contributed by atoms with Crippen molar-refractivity contribution in [2.24, 2.45) is 0 Å². The maximum absolute atomic E-state index is 12.1. The highest BCUT2D eigenvalue weighted by molar-refractivity contribution is 7.43. The highest BCUT2D eigenvalue weighted by atomic mass is 31.2. The summed E-state index contributed by atoms with van der Waals surface area (Å²) >= 11 is 0. The summed E-state index contributed by atoms with van der Waals surface area (Å²) in [4.78, 5) is 11.6. The van der Waals surface area contributed by atoms with Crippen LogP contribution in [0.1, 0.15) is 5.56 Å². The van der Waals surface area contributed by atoms with Gasteiger partial charge in [0, 0.05) is 11.6 Å². The molecule has 0 aliphatic heterocycles. The summed E-state index contributed by atoms with van der Waals surface area (Å²) in [5, 5.41) is 20.2. The third-order valence-corrected chi connectivity index (χ3v) is 11.5. The van der Waals surface area contributed by atoms with E-state index in [4.69, 9.17) is 27.1 Å². The summed E-state index contributed by atoms with van der Waals surface area (Å²) in [5.41, 5.74) is 0.311. The average molecular weight is 802 g/mol. The number of nitro groups is 1. The van der Waals surface area contributed by atoms with Gasteiger partial charge in [-0.2, -0.15) is 0 Å². The smallest absolute Gasteiger partial charge is 0.418 e. The number of hydrogen-bond acceptors (Lipinski definition) is 8. The second-order valence-electron chi connectivity index (χ2n) is 13.3. The molecular weight excluding hydrogens is 768 g/mol. The Morgan fingerprint density at radius 3 is 1.14 bits per heavy atom. The Bertz CT molecular complexity index is 2760. The summed E-state index contributed by atoms with van der Waals surface area (Å²) in [7, 11) is -4.28. The van der Waals surface area contributed by atoms with E-state index in [2.05, 4.69) is 0 Å². The van der Waals surface area contributed by atoms with Crippen molar-refractivity contribution in [3.63, 3.8) is 0 Å². The van der Waals surface area contributed by atoms with E-state index in [1.165, 1.54) is 12.1 Å². The fraction of sp³-hybridized carbons (Fsp3) is 0.0213. The van der Waals surface area contributed by atoms with Crippen LogP contribution in [0.15, 0.2) is 188 Å². The van der Waals surface area contributed by atoms with Crippen molar-refractivity contribution in [2.75, 3.05) is 0 Å². The van der Waals surface area contributed by atoms with Crippen molar-refractivity contribution >= 4 is 66.0 Å². The van der Waals surface area contributed by atoms with Crippen LogP contribution >= 0.6 is 17.2 Å². The lowest BCUT2D eigenvalue weighted by atomic mass is 10.1. The van der Waals surface area contributed by atoms with Crippen LogP contribution < -0.4 is 22.6 Å². The normalized spacial score (nSPS) is 11.3. The van der Waals surface area contributed by atoms with Crippen LogP contribution in [0, 0.1) is 10.1 Å². The van der Waals surface area contributed by atoms with Gasteiger partial charge in [-0.15, -0.1) is 0 Å². The molecule has 0 radical (unpaired) electrons. The molecule has 284 valence electrons. The minimum absolute atomic E-state index is 0.0880. The summed E-state index contributed by atoms with van der Waals surface area (Å²) in [5.74, 6) is 2.27. The van der Waals surface area contributed by atoms with Crippen molar-refractivity contribution in [1.82, 2.24) is 0 Å². The molecule has 0 aromatic heterocycles. The Hall–Kier alpha value is -6.76. The van der Waals surface area contributed by atoms with Crippen LogP contribution in [0.2, 0.25) is 0 Å². The van der Waals surface area contributed by atoms with Gasteiger partial charge in [-0.1, -0.05) is 121 Å². The molecular formula is C47H33NO8P2. The molecule has 0 atom stereocenters. The first-order chi connectivity index (χ1) is 28.5. The maximum Gasteiger partial charge on any atom is 0.530 e. The second-order valence-corrected chi connectivity index (χ2v) is 15.3. The van der Waals surface area contributed by atoms with E-state index in [1.54, 1.807) is 6.07 Å². The van der Waals surface area contributed by atoms with E-state index >= 15 is 0 Å². The van der Waals surface area contributed by atoms with E-state index in [0.717, 1.165) is 43.1 Å². The van der Waals surface area contributed by atoms with Gasteiger partial charge in [0.1, 0.15) is 28.7 Å². The average Bonchev–Trinajstić information content (AvgIpc) is 3.25. The SMILES string of the molecule is O=[N+]([O-])c1ccc(COP(Oc2ccc3ccccc3c2)Oc2ccc3ccccc3c2)c(OP(Oc2ccc3ccccc3c2)Oc2ccc3ccccc3c2)c1. The van der Waals surface area contributed by atoms with E-state index in [0.29, 0.717) is 28.6 Å². The first-order valence-corrected chi connectivity index (χ1v) is 20.5. The fourth-order valence-corrected chi connectivity index (χ4v) is 8.40. The van der Waals surface area contributed by atoms with Crippen molar-refractivity contribution in [1.29, 1.82) is 0 Å². The molecule has 0 aliphatic rings. The van der Waals surface area contributed by atoms with Gasteiger partial charge in [0.2, 0.25) is 0 Å². The summed E-state index contributed by atoms with van der Waals surface area (Å²) < 4.78 is 38.5. The number of non-ortho nitro benzene ring substituents is 1. The van der Waals surface area contributed by atoms with Gasteiger partial charge in [-0.3, -0.25) is 14.6 Å². The number of fused-ring (bicyclic) bond motifs is 4. The number of nitrogens with zero attached hydrogens (tertiary/aromatic N) is 1. The minimum atomic E-state index is -2.22. The number of hydrogen-bond donors (Lipinski definition) is 0. The first-order valence-electron chi connectivity index (χ1n) is 18.3. The molecule has 0 unspecified atom stereocenters. The molecule has 58 heavy (non-hydrogen) atoms. The molecule has 9 aromatic carbocycles. The number of rotatable bonds is 14. The molecule has 0 aliphatic carbocycles. The minimum Gasteiger partial charge on any atom is -0.418 e. The van der Waals surface area contributed by atoms with Crippen LogP contribution in [0.4, 0.5) is 5.69 Å². The monoisotopic (exact) mass is 801 g/mol. The number of benzene rings is 9. The van der Waals surface area contributed by atoms with Crippen molar-refractivity contribution in [2.45, 2.75) is 6.61 Å². The lowest BCUT2D eigenvalue weighted by molar-refractivity contribution is -0.384. The van der Waals surface area contributed by atoms with Gasteiger partial charge in [-0.05, 0) is 97.7 Å². The van der Waals surface area contributed by atoms with Gasteiger partial charge in [0.05, 0.1) is 17.6 Å². The van der Waals surface area contributed by atoms with Gasteiger partial charge in [-0.25, -0.2) is 0 Å². The van der Waals surface area contributed by atoms with Crippen molar-refractivity contribution in [3.8, 4) is 28.7 Å². The van der Waals surface area contributed by atoms with Crippen LogP contribution in [0.25, 0.3) is 43.1 Å². The highest BCUT2D eigenvalue weighted by Crippen LogP contribution is 2.47. The van der Waals surface area contributed by atoms with Crippen molar-refractivity contribution in [3.05, 3.63) is 204 Å². The predicted molar refractivity (Wildman–Crippen MR) is 231 cm³/mol. The van der Waals surface area contributed by atoms with Gasteiger partial charge in [0.25, 0.3) is 5.69 Å². The Morgan fingerprint density at radius 2 is 0.759 bits per heavy atom. The molecule has 9 rings (SSSR count). The van der Waals surface area contributed by atoms with E-state index in [-0.39, 0.29) is 18.0 Å². The summed E-state index contributed by atoms with van der Waals surface area (Å²) in [6, 6.07) is 59.1. The lowest BCUT2D eigenvalue weighted by Gasteiger charge is -2.21. The Balaban J connectivity index is 1.03. The fourth-order valence-electron chi connectivity index (χ4n) is 6.43. The molecule has 0 heterocycles. The summed E-state index contributed by atoms with van der Waals surface area (Å²) in [6.07, 6.45) is 0. The molecule has 0 amide bonds. The molecule has 0 N–H and O–H groups in total. The van der Waals surface area contributed by atoms with Gasteiger partial charge < -0.3 is 22.6 Å². The second kappa shape index (κ2) is 16.8. The molecule has 0 saturated heterocycles. The molecule has 9 aromatic rings. The van der Waals surface area contributed by atoms with E-state index < -0.39 is 22.1 Å². The topological polar surface area (TPSA) is 98.5 Å². The van der Waals surface area contributed by atoms with Crippen LogP contribution in [0.5, 0.6) is 28.7 Å². The Labute approximate surface area is 336 Å². The van der Waals surface area contributed by atoms with Gasteiger partial charge in [0.15, 0.2) is 0 Å². The molecule has 0 spiro atoms. The standard InChI is InChI=1S/C47H33NO8P2/c49-48(50)42-22-17-41(32-51-57(52-43-23-18-33-9-1-5-13-37(33)27-43)53-44-24-19-34-10-2-6-14-38(34)28-44)47(31-42)56-58(54-45-25-20-35-11-3-7-15-39(35)29-45)55-46-26-21-36-12-4-8-16-40(36)30-46/h1-31H,32H2. The third kappa shape index (κ3) is 8.63.